The van der Waals surface area contributed by atoms with Crippen LogP contribution in [0.4, 0.5) is 0 Å². The number of aromatic nitrogens is 3. The average Bonchev–Trinajstić information content (AvgIpc) is 3.18. The Morgan fingerprint density at radius 3 is 2.66 bits per heavy atom. The molecule has 0 spiro atoms. The number of thioether (sulfide) groups is 1. The quantitative estimate of drug-likeness (QED) is 0.190. The topological polar surface area (TPSA) is 76.4 Å². The zero-order valence-corrected chi connectivity index (χ0v) is 20.7. The SMILES string of the molecule is CCc1nncn1CCNC(=NCCCSC)NCCc1ccc(OC)cc1.I. The van der Waals surface area contributed by atoms with E-state index in [2.05, 4.69) is 50.7 Å². The van der Waals surface area contributed by atoms with Crippen molar-refractivity contribution in [3.8, 4) is 5.75 Å². The van der Waals surface area contributed by atoms with Crippen molar-refractivity contribution in [1.82, 2.24) is 25.4 Å². The first-order chi connectivity index (χ1) is 13.8. The van der Waals surface area contributed by atoms with E-state index in [9.17, 15) is 0 Å². The van der Waals surface area contributed by atoms with Gasteiger partial charge in [-0.05, 0) is 42.5 Å². The zero-order chi connectivity index (χ0) is 20.0. The summed E-state index contributed by atoms with van der Waals surface area (Å²) in [7, 11) is 1.69. The molecule has 0 unspecified atom stereocenters. The molecule has 7 nitrogen and oxygen atoms in total. The van der Waals surface area contributed by atoms with Crippen LogP contribution in [0.2, 0.25) is 0 Å². The third-order valence-electron chi connectivity index (χ3n) is 4.30. The number of aliphatic imine (C=N–C) groups is 1. The van der Waals surface area contributed by atoms with Gasteiger partial charge in [0.2, 0.25) is 0 Å². The lowest BCUT2D eigenvalue weighted by molar-refractivity contribution is 0.414. The Morgan fingerprint density at radius 2 is 1.97 bits per heavy atom. The highest BCUT2D eigenvalue weighted by Crippen LogP contribution is 2.11. The Balaban J connectivity index is 0.00000420. The van der Waals surface area contributed by atoms with Gasteiger partial charge in [0.1, 0.15) is 17.9 Å². The first-order valence-corrected chi connectivity index (χ1v) is 11.2. The minimum Gasteiger partial charge on any atom is -0.497 e. The van der Waals surface area contributed by atoms with E-state index in [1.54, 1.807) is 13.4 Å². The zero-order valence-electron chi connectivity index (χ0n) is 17.6. The third kappa shape index (κ3) is 9.70. The number of rotatable bonds is 12. The van der Waals surface area contributed by atoms with E-state index in [0.29, 0.717) is 0 Å². The summed E-state index contributed by atoms with van der Waals surface area (Å²) in [5, 5.41) is 15.0. The van der Waals surface area contributed by atoms with E-state index in [1.807, 2.05) is 23.9 Å². The number of aryl methyl sites for hydroxylation is 1. The molecule has 2 aromatic rings. The number of hydrogen-bond acceptors (Lipinski definition) is 5. The van der Waals surface area contributed by atoms with Crippen LogP contribution in [0, 0.1) is 0 Å². The van der Waals surface area contributed by atoms with E-state index in [4.69, 9.17) is 9.73 Å². The first-order valence-electron chi connectivity index (χ1n) is 9.77. The molecule has 2 rings (SSSR count). The Hall–Kier alpha value is -1.49. The fourth-order valence-electron chi connectivity index (χ4n) is 2.73. The van der Waals surface area contributed by atoms with Crippen molar-refractivity contribution < 1.29 is 4.74 Å². The van der Waals surface area contributed by atoms with E-state index < -0.39 is 0 Å². The number of nitrogens with zero attached hydrogens (tertiary/aromatic N) is 4. The van der Waals surface area contributed by atoms with Crippen LogP contribution in [0.5, 0.6) is 5.75 Å². The van der Waals surface area contributed by atoms with Crippen molar-refractivity contribution >= 4 is 41.7 Å². The molecule has 0 amide bonds. The van der Waals surface area contributed by atoms with Crippen LogP contribution in [0.1, 0.15) is 24.7 Å². The van der Waals surface area contributed by atoms with Gasteiger partial charge >= 0.3 is 0 Å². The van der Waals surface area contributed by atoms with Crippen molar-refractivity contribution in [3.63, 3.8) is 0 Å². The minimum absolute atomic E-state index is 0. The number of methoxy groups -OCH3 is 1. The largest absolute Gasteiger partial charge is 0.497 e. The molecule has 0 aliphatic heterocycles. The molecule has 1 aromatic carbocycles. The second kappa shape index (κ2) is 15.4. The van der Waals surface area contributed by atoms with Crippen LogP contribution >= 0.6 is 35.7 Å². The summed E-state index contributed by atoms with van der Waals surface area (Å²) in [6.45, 7) is 5.34. The van der Waals surface area contributed by atoms with E-state index in [1.165, 1.54) is 5.56 Å². The standard InChI is InChI=1S/C20H32N6OS.HI/c1-4-19-25-24-16-26(19)14-13-23-20(21-11-5-15-28-3)22-12-10-17-6-8-18(27-2)9-7-17;/h6-9,16H,4-5,10-15H2,1-3H3,(H2,21,22,23);1H. The summed E-state index contributed by atoms with van der Waals surface area (Å²) in [4.78, 5) is 4.70. The van der Waals surface area contributed by atoms with Crippen LogP contribution in [-0.2, 0) is 19.4 Å². The van der Waals surface area contributed by atoms with E-state index in [0.717, 1.165) is 68.7 Å². The van der Waals surface area contributed by atoms with Crippen molar-refractivity contribution in [2.24, 2.45) is 4.99 Å². The molecule has 2 N–H and O–H groups in total. The van der Waals surface area contributed by atoms with Gasteiger partial charge in [0.15, 0.2) is 5.96 Å². The molecule has 0 bridgehead atoms. The van der Waals surface area contributed by atoms with E-state index in [-0.39, 0.29) is 24.0 Å². The van der Waals surface area contributed by atoms with Gasteiger partial charge in [-0.25, -0.2) is 0 Å². The highest BCUT2D eigenvalue weighted by molar-refractivity contribution is 14.0. The fourth-order valence-corrected chi connectivity index (χ4v) is 3.14. The number of benzene rings is 1. The van der Waals surface area contributed by atoms with Crippen molar-refractivity contribution in [2.75, 3.05) is 38.8 Å². The smallest absolute Gasteiger partial charge is 0.191 e. The van der Waals surface area contributed by atoms with Gasteiger partial charge in [0, 0.05) is 32.6 Å². The van der Waals surface area contributed by atoms with Crippen LogP contribution in [0.25, 0.3) is 0 Å². The molecule has 0 aliphatic rings. The first kappa shape index (κ1) is 25.5. The molecule has 1 heterocycles. The Morgan fingerprint density at radius 1 is 1.21 bits per heavy atom. The summed E-state index contributed by atoms with van der Waals surface area (Å²) in [6, 6.07) is 8.19. The molecular weight excluding hydrogens is 499 g/mol. The summed E-state index contributed by atoms with van der Waals surface area (Å²) < 4.78 is 7.29. The molecular formula is C20H33IN6OS. The molecule has 29 heavy (non-hydrogen) atoms. The van der Waals surface area contributed by atoms with Gasteiger partial charge < -0.3 is 19.9 Å². The van der Waals surface area contributed by atoms with E-state index >= 15 is 0 Å². The molecule has 0 radical (unpaired) electrons. The van der Waals surface area contributed by atoms with Gasteiger partial charge in [-0.2, -0.15) is 11.8 Å². The molecule has 9 heteroatoms. The van der Waals surface area contributed by atoms with Crippen LogP contribution in [-0.4, -0.2) is 59.5 Å². The lowest BCUT2D eigenvalue weighted by Gasteiger charge is -2.13. The van der Waals surface area contributed by atoms with Gasteiger partial charge in [0.25, 0.3) is 0 Å². The number of hydrogen-bond donors (Lipinski definition) is 2. The molecule has 0 saturated heterocycles. The van der Waals surface area contributed by atoms with Crippen LogP contribution in [0.15, 0.2) is 35.6 Å². The van der Waals surface area contributed by atoms with Crippen molar-refractivity contribution in [1.29, 1.82) is 0 Å². The van der Waals surface area contributed by atoms with Gasteiger partial charge in [-0.1, -0.05) is 19.1 Å². The Kier molecular flexibility index (Phi) is 13.5. The van der Waals surface area contributed by atoms with Crippen LogP contribution < -0.4 is 15.4 Å². The number of nitrogens with one attached hydrogen (secondary N) is 2. The second-order valence-corrected chi connectivity index (χ2v) is 7.31. The number of guanidine groups is 1. The predicted octanol–water partition coefficient (Wildman–Crippen LogP) is 3.00. The lowest BCUT2D eigenvalue weighted by atomic mass is 10.1. The molecule has 0 aliphatic carbocycles. The Bertz CT molecular complexity index is 707. The maximum atomic E-state index is 5.21. The summed E-state index contributed by atoms with van der Waals surface area (Å²) in [5.41, 5.74) is 1.27. The summed E-state index contributed by atoms with van der Waals surface area (Å²) in [6.07, 6.45) is 6.81. The minimum atomic E-state index is 0. The second-order valence-electron chi connectivity index (χ2n) is 6.32. The molecule has 162 valence electrons. The molecule has 0 atom stereocenters. The Labute approximate surface area is 195 Å². The van der Waals surface area contributed by atoms with Crippen molar-refractivity contribution in [3.05, 3.63) is 42.0 Å². The van der Waals surface area contributed by atoms with Crippen molar-refractivity contribution in [2.45, 2.75) is 32.7 Å². The van der Waals surface area contributed by atoms with Gasteiger partial charge in [-0.15, -0.1) is 34.2 Å². The number of ether oxygens (including phenoxy) is 1. The maximum absolute atomic E-state index is 5.21. The summed E-state index contributed by atoms with van der Waals surface area (Å²) in [5.74, 6) is 3.88. The average molecular weight is 532 g/mol. The normalized spacial score (nSPS) is 11.1. The van der Waals surface area contributed by atoms with Gasteiger partial charge in [-0.3, -0.25) is 4.99 Å². The molecule has 0 fully saturated rings. The highest BCUT2D eigenvalue weighted by atomic mass is 127. The van der Waals surface area contributed by atoms with Crippen LogP contribution in [0.3, 0.4) is 0 Å². The summed E-state index contributed by atoms with van der Waals surface area (Å²) >= 11 is 1.85. The number of halogens is 1. The maximum Gasteiger partial charge on any atom is 0.191 e. The monoisotopic (exact) mass is 532 g/mol. The molecule has 1 aromatic heterocycles. The lowest BCUT2D eigenvalue weighted by Crippen LogP contribution is -2.40. The fraction of sp³-hybridized carbons (Fsp3) is 0.550. The predicted molar refractivity (Wildman–Crippen MR) is 133 cm³/mol. The van der Waals surface area contributed by atoms with Gasteiger partial charge in [0.05, 0.1) is 7.11 Å². The third-order valence-corrected chi connectivity index (χ3v) is 5.00. The highest BCUT2D eigenvalue weighted by Gasteiger charge is 2.03. The molecule has 0 saturated carbocycles.